The van der Waals surface area contributed by atoms with Crippen LogP contribution in [-0.2, 0) is 14.3 Å². The van der Waals surface area contributed by atoms with E-state index in [1.807, 2.05) is 13.8 Å². The third-order valence-electron chi connectivity index (χ3n) is 2.78. The summed E-state index contributed by atoms with van der Waals surface area (Å²) in [6.07, 6.45) is 3.04. The topological polar surface area (TPSA) is 81.4 Å². The quantitative estimate of drug-likeness (QED) is 0.486. The zero-order chi connectivity index (χ0) is 15.1. The Morgan fingerprint density at radius 2 is 1.85 bits per heavy atom. The number of anilines is 1. The van der Waals surface area contributed by atoms with Crippen molar-refractivity contribution in [3.8, 4) is 0 Å². The van der Waals surface area contributed by atoms with Gasteiger partial charge in [-0.05, 0) is 29.7 Å². The van der Waals surface area contributed by atoms with E-state index < -0.39 is 12.0 Å². The van der Waals surface area contributed by atoms with Gasteiger partial charge < -0.3 is 15.8 Å². The number of hydrogen-bond acceptors (Lipinski definition) is 4. The average Bonchev–Trinajstić information content (AvgIpc) is 2.43. The fourth-order valence-corrected chi connectivity index (χ4v) is 1.61. The lowest BCUT2D eigenvalue weighted by Crippen LogP contribution is -2.44. The highest BCUT2D eigenvalue weighted by atomic mass is 16.5. The second-order valence-corrected chi connectivity index (χ2v) is 4.75. The number of rotatable bonds is 5. The molecule has 0 aliphatic carbocycles. The molecule has 1 aromatic rings. The number of carbonyl (C=O) groups is 2. The molecular formula is C15H20N2O3. The zero-order valence-corrected chi connectivity index (χ0v) is 11.9. The van der Waals surface area contributed by atoms with Gasteiger partial charge in [-0.3, -0.25) is 4.79 Å². The van der Waals surface area contributed by atoms with Crippen LogP contribution in [0, 0.1) is 5.92 Å². The third kappa shape index (κ3) is 4.76. The number of ether oxygens (including phenoxy) is 1. The van der Waals surface area contributed by atoms with Crippen LogP contribution >= 0.6 is 0 Å². The molecule has 1 unspecified atom stereocenters. The maximum Gasteiger partial charge on any atom is 0.328 e. The van der Waals surface area contributed by atoms with E-state index in [1.165, 1.54) is 13.2 Å². The summed E-state index contributed by atoms with van der Waals surface area (Å²) in [5, 5.41) is 2.62. The fourth-order valence-electron chi connectivity index (χ4n) is 1.61. The number of hydrogen-bond donors (Lipinski definition) is 2. The van der Waals surface area contributed by atoms with Crippen molar-refractivity contribution < 1.29 is 14.3 Å². The van der Waals surface area contributed by atoms with Crippen molar-refractivity contribution in [1.29, 1.82) is 0 Å². The highest BCUT2D eigenvalue weighted by molar-refractivity contribution is 5.94. The average molecular weight is 276 g/mol. The molecule has 5 heteroatoms. The highest BCUT2D eigenvalue weighted by Gasteiger charge is 2.23. The number of nitrogens with two attached hydrogens (primary N) is 1. The van der Waals surface area contributed by atoms with Crippen molar-refractivity contribution in [3.05, 3.63) is 35.9 Å². The largest absolute Gasteiger partial charge is 0.467 e. The van der Waals surface area contributed by atoms with Gasteiger partial charge in [-0.1, -0.05) is 26.0 Å². The number of nitrogen functional groups attached to an aromatic ring is 1. The number of amides is 1. The minimum atomic E-state index is -0.649. The molecule has 0 aromatic heterocycles. The molecule has 0 radical (unpaired) electrons. The molecule has 5 nitrogen and oxygen atoms in total. The lowest BCUT2D eigenvalue weighted by molar-refractivity contribution is -0.145. The Morgan fingerprint density at radius 3 is 2.35 bits per heavy atom. The van der Waals surface area contributed by atoms with E-state index in [4.69, 9.17) is 5.73 Å². The summed E-state index contributed by atoms with van der Waals surface area (Å²) in [5.74, 6) is -0.837. The van der Waals surface area contributed by atoms with Crippen LogP contribution < -0.4 is 11.1 Å². The summed E-state index contributed by atoms with van der Waals surface area (Å²) in [6, 6.07) is 6.47. The van der Waals surface area contributed by atoms with Crippen LogP contribution in [0.5, 0.6) is 0 Å². The molecule has 0 saturated heterocycles. The van der Waals surface area contributed by atoms with Gasteiger partial charge in [-0.25, -0.2) is 4.79 Å². The highest BCUT2D eigenvalue weighted by Crippen LogP contribution is 2.07. The van der Waals surface area contributed by atoms with Crippen molar-refractivity contribution in [3.63, 3.8) is 0 Å². The van der Waals surface area contributed by atoms with E-state index in [1.54, 1.807) is 30.3 Å². The smallest absolute Gasteiger partial charge is 0.328 e. The minimum Gasteiger partial charge on any atom is -0.467 e. The number of methoxy groups -OCH3 is 1. The van der Waals surface area contributed by atoms with E-state index in [0.717, 1.165) is 5.56 Å². The second-order valence-electron chi connectivity index (χ2n) is 4.75. The molecule has 0 aliphatic rings. The van der Waals surface area contributed by atoms with Gasteiger partial charge in [0.2, 0.25) is 5.91 Å². The summed E-state index contributed by atoms with van der Waals surface area (Å²) < 4.78 is 4.66. The minimum absolute atomic E-state index is 0.0451. The summed E-state index contributed by atoms with van der Waals surface area (Å²) in [7, 11) is 1.30. The van der Waals surface area contributed by atoms with Crippen LogP contribution in [0.15, 0.2) is 30.3 Å². The molecule has 0 spiro atoms. The summed E-state index contributed by atoms with van der Waals surface area (Å²) in [5.41, 5.74) is 7.09. The van der Waals surface area contributed by atoms with Crippen molar-refractivity contribution in [2.24, 2.45) is 5.92 Å². The molecule has 1 atom stereocenters. The first-order chi connectivity index (χ1) is 9.43. The summed E-state index contributed by atoms with van der Waals surface area (Å²) in [4.78, 5) is 23.3. The Hall–Kier alpha value is -2.30. The Labute approximate surface area is 118 Å². The molecule has 1 aromatic carbocycles. The molecule has 0 aliphatic heterocycles. The standard InChI is InChI=1S/C15H20N2O3/c1-10(2)14(15(19)20-3)17-13(18)9-6-11-4-7-12(16)8-5-11/h4-10,14H,16H2,1-3H3,(H,17,18)/b9-6+. The normalized spacial score (nSPS) is 12.4. The molecule has 0 heterocycles. The van der Waals surface area contributed by atoms with Gasteiger partial charge in [0.15, 0.2) is 0 Å². The first-order valence-corrected chi connectivity index (χ1v) is 6.36. The van der Waals surface area contributed by atoms with E-state index >= 15 is 0 Å². The summed E-state index contributed by atoms with van der Waals surface area (Å²) >= 11 is 0. The molecule has 0 fully saturated rings. The monoisotopic (exact) mass is 276 g/mol. The zero-order valence-electron chi connectivity index (χ0n) is 11.9. The first kappa shape index (κ1) is 15.8. The molecule has 0 saturated carbocycles. The van der Waals surface area contributed by atoms with Crippen molar-refractivity contribution in [2.45, 2.75) is 19.9 Å². The number of nitrogens with one attached hydrogen (secondary N) is 1. The van der Waals surface area contributed by atoms with Crippen molar-refractivity contribution in [2.75, 3.05) is 12.8 Å². The van der Waals surface area contributed by atoms with Crippen LogP contribution in [0.3, 0.4) is 0 Å². The molecular weight excluding hydrogens is 256 g/mol. The van der Waals surface area contributed by atoms with Gasteiger partial charge >= 0.3 is 5.97 Å². The number of carbonyl (C=O) groups excluding carboxylic acids is 2. The first-order valence-electron chi connectivity index (χ1n) is 6.36. The van der Waals surface area contributed by atoms with Crippen LogP contribution in [0.25, 0.3) is 6.08 Å². The fraction of sp³-hybridized carbons (Fsp3) is 0.333. The van der Waals surface area contributed by atoms with Gasteiger partial charge in [0.25, 0.3) is 0 Å². The van der Waals surface area contributed by atoms with Crippen LogP contribution in [0.4, 0.5) is 5.69 Å². The molecule has 1 amide bonds. The van der Waals surface area contributed by atoms with E-state index in [9.17, 15) is 9.59 Å². The second kappa shape index (κ2) is 7.33. The molecule has 0 bridgehead atoms. The SMILES string of the molecule is COC(=O)C(NC(=O)/C=C/c1ccc(N)cc1)C(C)C. The predicted molar refractivity (Wildman–Crippen MR) is 78.7 cm³/mol. The van der Waals surface area contributed by atoms with Gasteiger partial charge in [0, 0.05) is 11.8 Å². The molecule has 20 heavy (non-hydrogen) atoms. The van der Waals surface area contributed by atoms with Crippen LogP contribution in [0.2, 0.25) is 0 Å². The van der Waals surface area contributed by atoms with Gasteiger partial charge in [-0.2, -0.15) is 0 Å². The summed E-state index contributed by atoms with van der Waals surface area (Å²) in [6.45, 7) is 3.68. The predicted octanol–water partition coefficient (Wildman–Crippen LogP) is 1.60. The Balaban J connectivity index is 2.66. The molecule has 3 N–H and O–H groups in total. The van der Waals surface area contributed by atoms with Crippen molar-refractivity contribution in [1.82, 2.24) is 5.32 Å². The van der Waals surface area contributed by atoms with E-state index in [-0.39, 0.29) is 11.8 Å². The van der Waals surface area contributed by atoms with Gasteiger partial charge in [0.1, 0.15) is 6.04 Å². The lowest BCUT2D eigenvalue weighted by Gasteiger charge is -2.18. The lowest BCUT2D eigenvalue weighted by atomic mass is 10.0. The number of benzene rings is 1. The van der Waals surface area contributed by atoms with Crippen LogP contribution in [-0.4, -0.2) is 25.0 Å². The number of esters is 1. The van der Waals surface area contributed by atoms with Gasteiger partial charge in [0.05, 0.1) is 7.11 Å². The Morgan fingerprint density at radius 1 is 1.25 bits per heavy atom. The van der Waals surface area contributed by atoms with E-state index in [0.29, 0.717) is 5.69 Å². The molecule has 108 valence electrons. The maximum absolute atomic E-state index is 11.8. The van der Waals surface area contributed by atoms with Crippen LogP contribution in [0.1, 0.15) is 19.4 Å². The molecule has 1 rings (SSSR count). The maximum atomic E-state index is 11.8. The van der Waals surface area contributed by atoms with E-state index in [2.05, 4.69) is 10.1 Å². The Bertz CT molecular complexity index is 492. The van der Waals surface area contributed by atoms with Gasteiger partial charge in [-0.15, -0.1) is 0 Å². The Kier molecular flexibility index (Phi) is 5.77. The third-order valence-corrected chi connectivity index (χ3v) is 2.78. The van der Waals surface area contributed by atoms with Crippen molar-refractivity contribution >= 4 is 23.6 Å².